The van der Waals surface area contributed by atoms with Crippen molar-refractivity contribution in [2.75, 3.05) is 12.0 Å². The normalized spacial score (nSPS) is 16.6. The number of hydrogen-bond donors (Lipinski definition) is 10. The molecule has 0 aromatic rings. The highest BCUT2D eigenvalue weighted by atomic mass is 32.2. The topological polar surface area (TPSA) is 313 Å². The molecule has 354 valence electrons. The molecule has 0 saturated heterocycles. The summed E-state index contributed by atoms with van der Waals surface area (Å²) in [7, 11) is 0. The predicted octanol–water partition coefficient (Wildman–Crippen LogP) is -0.527. The average molecular weight is 900 g/mol. The molecule has 0 aliphatic heterocycles. The minimum Gasteiger partial charge on any atom is -0.481 e. The van der Waals surface area contributed by atoms with E-state index in [1.165, 1.54) is 32.5 Å². The highest BCUT2D eigenvalue weighted by molar-refractivity contribution is 7.98. The molecule has 21 heteroatoms. The Hall–Kier alpha value is -4.79. The number of thioether (sulfide) groups is 1. The van der Waals surface area contributed by atoms with Crippen molar-refractivity contribution < 1.29 is 53.1 Å². The minimum absolute atomic E-state index is 0.177. The van der Waals surface area contributed by atoms with E-state index in [4.69, 9.17) is 10.8 Å². The summed E-state index contributed by atoms with van der Waals surface area (Å²) in [6, 6.07) is -9.96. The van der Waals surface area contributed by atoms with E-state index < -0.39 is 132 Å². The number of rotatable bonds is 29. The van der Waals surface area contributed by atoms with Gasteiger partial charge in [0.05, 0.1) is 12.1 Å². The van der Waals surface area contributed by atoms with Gasteiger partial charge in [-0.15, -0.1) is 0 Å². The van der Waals surface area contributed by atoms with Crippen LogP contribution < -0.4 is 48.3 Å². The Balaban J connectivity index is 6.08. The summed E-state index contributed by atoms with van der Waals surface area (Å²) < 4.78 is 0. The summed E-state index contributed by atoms with van der Waals surface area (Å²) in [4.78, 5) is 129. The Bertz CT molecular complexity index is 1550. The zero-order chi connectivity index (χ0) is 48.0. The van der Waals surface area contributed by atoms with Gasteiger partial charge in [0, 0.05) is 6.42 Å². The smallest absolute Gasteiger partial charge is 0.303 e. The Morgan fingerprint density at radius 1 is 0.532 bits per heavy atom. The maximum atomic E-state index is 13.9. The molecule has 0 aromatic heterocycles. The maximum absolute atomic E-state index is 13.9. The second-order valence-corrected chi connectivity index (χ2v) is 17.5. The van der Waals surface area contributed by atoms with Crippen molar-refractivity contribution in [3.8, 4) is 0 Å². The Morgan fingerprint density at radius 2 is 0.935 bits per heavy atom. The fourth-order valence-corrected chi connectivity index (χ4v) is 6.19. The number of carboxylic acid groups (broad SMARTS) is 1. The first kappa shape index (κ1) is 57.2. The fraction of sp³-hybridized carbons (Fsp3) is 0.756. The second kappa shape index (κ2) is 28.7. The Morgan fingerprint density at radius 3 is 1.35 bits per heavy atom. The average Bonchev–Trinajstić information content (AvgIpc) is 3.20. The molecule has 20 nitrogen and oxygen atoms in total. The van der Waals surface area contributed by atoms with E-state index in [1.54, 1.807) is 55.4 Å². The number of carboxylic acids is 1. The lowest BCUT2D eigenvalue weighted by Gasteiger charge is -2.31. The molecule has 11 atom stereocenters. The van der Waals surface area contributed by atoms with Crippen molar-refractivity contribution in [2.24, 2.45) is 29.4 Å². The van der Waals surface area contributed by atoms with Crippen molar-refractivity contribution in [1.29, 1.82) is 0 Å². The molecule has 8 amide bonds. The molecule has 0 rings (SSSR count). The summed E-state index contributed by atoms with van der Waals surface area (Å²) >= 11 is 1.46. The van der Waals surface area contributed by atoms with Gasteiger partial charge < -0.3 is 58.2 Å². The molecule has 0 saturated carbocycles. The molecular weight excluding hydrogens is 827 g/mol. The third-order valence-electron chi connectivity index (χ3n) is 10.4. The fourth-order valence-electron chi connectivity index (χ4n) is 5.72. The number of carbonyl (C=O) groups is 10. The lowest BCUT2D eigenvalue weighted by atomic mass is 9.94. The summed E-state index contributed by atoms with van der Waals surface area (Å²) in [5, 5.41) is 29.9. The van der Waals surface area contributed by atoms with E-state index >= 15 is 0 Å². The minimum atomic E-state index is -1.31. The van der Waals surface area contributed by atoms with Crippen LogP contribution in [0, 0.1) is 23.7 Å². The van der Waals surface area contributed by atoms with Crippen LogP contribution >= 0.6 is 11.8 Å². The lowest BCUT2D eigenvalue weighted by molar-refractivity contribution is -0.138. The molecule has 0 bridgehead atoms. The van der Waals surface area contributed by atoms with Crippen molar-refractivity contribution in [3.63, 3.8) is 0 Å². The first-order valence-electron chi connectivity index (χ1n) is 21.2. The van der Waals surface area contributed by atoms with Crippen LogP contribution in [-0.4, -0.2) is 131 Å². The van der Waals surface area contributed by atoms with Gasteiger partial charge in [0.2, 0.25) is 47.3 Å². The molecule has 0 aliphatic carbocycles. The molecule has 0 fully saturated rings. The number of aldehydes is 1. The third kappa shape index (κ3) is 19.9. The first-order valence-corrected chi connectivity index (χ1v) is 22.6. The van der Waals surface area contributed by atoms with E-state index in [9.17, 15) is 47.9 Å². The van der Waals surface area contributed by atoms with Gasteiger partial charge in [-0.3, -0.25) is 43.2 Å². The molecule has 62 heavy (non-hydrogen) atoms. The summed E-state index contributed by atoms with van der Waals surface area (Å²) in [6.45, 7) is 18.1. The monoisotopic (exact) mass is 900 g/mol. The molecule has 0 radical (unpaired) electrons. The van der Waals surface area contributed by atoms with Gasteiger partial charge in [-0.2, -0.15) is 11.8 Å². The number of nitrogens with one attached hydrogen (secondary N) is 8. The predicted molar refractivity (Wildman–Crippen MR) is 235 cm³/mol. The highest BCUT2D eigenvalue weighted by Crippen LogP contribution is 2.14. The van der Waals surface area contributed by atoms with Crippen LogP contribution in [0.4, 0.5) is 0 Å². The van der Waals surface area contributed by atoms with Crippen LogP contribution in [0.15, 0.2) is 0 Å². The molecule has 11 N–H and O–H groups in total. The van der Waals surface area contributed by atoms with E-state index in [2.05, 4.69) is 42.5 Å². The SMILES string of the molecule is CC[C@H](C)[C@H](NC(=O)[C@H](C)NC(=O)[C@H](CCC(=O)O)NC(=O)[C@H](C)N)C(=O)N[C@H](C(=O)N[C@H](C(=O)N[C@@H](C)C(=O)N[C@@H](CCSC)C(=O)N[C@H](C=O)C(C)C)C(C)C)[C@@H](C)CC. The van der Waals surface area contributed by atoms with Gasteiger partial charge in [0.1, 0.15) is 48.6 Å². The van der Waals surface area contributed by atoms with Gasteiger partial charge in [-0.05, 0) is 69.3 Å². The van der Waals surface area contributed by atoms with E-state index in [0.717, 1.165) is 0 Å². The van der Waals surface area contributed by atoms with Crippen LogP contribution in [0.2, 0.25) is 0 Å². The van der Waals surface area contributed by atoms with Crippen LogP contribution in [0.5, 0.6) is 0 Å². The van der Waals surface area contributed by atoms with Crippen molar-refractivity contribution in [2.45, 2.75) is 163 Å². The molecular formula is C41H73N9O11S. The quantitative estimate of drug-likeness (QED) is 0.0423. The maximum Gasteiger partial charge on any atom is 0.303 e. The van der Waals surface area contributed by atoms with Crippen LogP contribution in [0.1, 0.15) is 108 Å². The molecule has 0 unspecified atom stereocenters. The summed E-state index contributed by atoms with van der Waals surface area (Å²) in [5.74, 6) is -7.89. The van der Waals surface area contributed by atoms with Crippen molar-refractivity contribution in [1.82, 2.24) is 42.5 Å². The van der Waals surface area contributed by atoms with Crippen LogP contribution in [-0.2, 0) is 47.9 Å². The third-order valence-corrected chi connectivity index (χ3v) is 11.1. The zero-order valence-electron chi connectivity index (χ0n) is 38.3. The summed E-state index contributed by atoms with van der Waals surface area (Å²) in [6.07, 6.45) is 2.85. The number of nitrogens with two attached hydrogens (primary N) is 1. The standard InChI is InChI=1S/C41H73N9O11S/c1-13-22(7)32(49-36(56)26(11)43-37(57)27(15-16-30(52)53)45-34(54)24(9)42)41(61)50-33(23(8)14-2)40(60)48-31(21(5)6)39(59)44-25(10)35(55)46-28(17-18-62-12)38(58)47-29(19-51)20(3)4/h19-29,31-33H,13-18,42H2,1-12H3,(H,43,57)(H,44,59)(H,45,54)(H,46,55)(H,47,58)(H,48,60)(H,49,56)(H,50,61)(H,52,53)/t22-,23-,24-,25-,26-,27-,28-,29+,31-,32-,33-/m0/s1. The van der Waals surface area contributed by atoms with E-state index in [0.29, 0.717) is 24.9 Å². The van der Waals surface area contributed by atoms with Gasteiger partial charge in [0.15, 0.2) is 0 Å². The van der Waals surface area contributed by atoms with Crippen LogP contribution in [0.3, 0.4) is 0 Å². The van der Waals surface area contributed by atoms with Gasteiger partial charge in [-0.1, -0.05) is 68.2 Å². The molecule has 0 aromatic carbocycles. The van der Waals surface area contributed by atoms with E-state index in [1.807, 2.05) is 6.26 Å². The van der Waals surface area contributed by atoms with Gasteiger partial charge >= 0.3 is 5.97 Å². The van der Waals surface area contributed by atoms with Crippen molar-refractivity contribution >= 4 is 71.3 Å². The Labute approximate surface area is 370 Å². The number of carbonyl (C=O) groups excluding carboxylic acids is 9. The van der Waals surface area contributed by atoms with Gasteiger partial charge in [0.25, 0.3) is 0 Å². The second-order valence-electron chi connectivity index (χ2n) is 16.5. The van der Waals surface area contributed by atoms with Crippen molar-refractivity contribution in [3.05, 3.63) is 0 Å². The number of hydrogen-bond acceptors (Lipinski definition) is 12. The Kier molecular flexibility index (Phi) is 26.5. The van der Waals surface area contributed by atoms with Gasteiger partial charge in [-0.25, -0.2) is 0 Å². The first-order chi connectivity index (χ1) is 28.9. The lowest BCUT2D eigenvalue weighted by Crippen LogP contribution is -2.62. The summed E-state index contributed by atoms with van der Waals surface area (Å²) in [5.41, 5.74) is 5.59. The molecule has 0 aliphatic rings. The molecule has 0 heterocycles. The highest BCUT2D eigenvalue weighted by Gasteiger charge is 2.36. The molecule has 0 spiro atoms. The van der Waals surface area contributed by atoms with Crippen LogP contribution in [0.25, 0.3) is 0 Å². The number of amides is 8. The van der Waals surface area contributed by atoms with E-state index in [-0.39, 0.29) is 18.8 Å². The largest absolute Gasteiger partial charge is 0.481 e. The number of aliphatic carboxylic acids is 1. The zero-order valence-corrected chi connectivity index (χ0v) is 39.2.